The van der Waals surface area contributed by atoms with E-state index in [-0.39, 0.29) is 11.1 Å². The van der Waals surface area contributed by atoms with Gasteiger partial charge in [-0.25, -0.2) is 4.79 Å². The van der Waals surface area contributed by atoms with Crippen molar-refractivity contribution >= 4 is 28.9 Å². The van der Waals surface area contributed by atoms with Crippen LogP contribution in [0.1, 0.15) is 36.5 Å². The highest BCUT2D eigenvalue weighted by Gasteiger charge is 2.33. The van der Waals surface area contributed by atoms with E-state index in [9.17, 15) is 4.79 Å². The lowest BCUT2D eigenvalue weighted by atomic mass is 9.78. The molecule has 5 heteroatoms. The van der Waals surface area contributed by atoms with Crippen molar-refractivity contribution in [3.63, 3.8) is 0 Å². The predicted molar refractivity (Wildman–Crippen MR) is 68.7 cm³/mol. The first kappa shape index (κ1) is 12.0. The second kappa shape index (κ2) is 4.11. The van der Waals surface area contributed by atoms with Gasteiger partial charge in [0.2, 0.25) is 0 Å². The summed E-state index contributed by atoms with van der Waals surface area (Å²) in [6.07, 6.45) is 3.19. The van der Waals surface area contributed by atoms with E-state index in [0.29, 0.717) is 16.4 Å². The number of nitrogen functional groups attached to an aromatic ring is 1. The number of aromatic carboxylic acids is 1. The molecule has 0 unspecified atom stereocenters. The highest BCUT2D eigenvalue weighted by atomic mass is 35.5. The zero-order valence-electron chi connectivity index (χ0n) is 9.59. The summed E-state index contributed by atoms with van der Waals surface area (Å²) in [6.45, 7) is 2.06. The van der Waals surface area contributed by atoms with Crippen molar-refractivity contribution in [2.45, 2.75) is 31.7 Å². The van der Waals surface area contributed by atoms with Crippen molar-refractivity contribution in [2.24, 2.45) is 0 Å². The highest BCUT2D eigenvalue weighted by Crippen LogP contribution is 2.38. The number of benzene rings is 1. The summed E-state index contributed by atoms with van der Waals surface area (Å²) in [5.74, 6) is -1.02. The highest BCUT2D eigenvalue weighted by molar-refractivity contribution is 6.34. The molecule has 1 aliphatic rings. The van der Waals surface area contributed by atoms with Gasteiger partial charge in [0.15, 0.2) is 0 Å². The maximum Gasteiger partial charge on any atom is 0.337 e. The number of hydrogen-bond donors (Lipinski definition) is 3. The first-order chi connectivity index (χ1) is 7.91. The minimum Gasteiger partial charge on any atom is -0.478 e. The van der Waals surface area contributed by atoms with Gasteiger partial charge in [-0.05, 0) is 38.3 Å². The molecular formula is C12H15ClN2O2. The lowest BCUT2D eigenvalue weighted by Gasteiger charge is -2.40. The Labute approximate surface area is 105 Å². The topological polar surface area (TPSA) is 75.3 Å². The Bertz CT molecular complexity index is 470. The van der Waals surface area contributed by atoms with E-state index in [1.165, 1.54) is 6.07 Å². The standard InChI is InChI=1S/C12H15ClN2O2/c1-12(3-2-4-12)15-10-8(11(16)17)5-7(14)6-9(10)13/h5-6,15H,2-4,14H2,1H3,(H,16,17). The molecule has 0 saturated heterocycles. The monoisotopic (exact) mass is 254 g/mol. The number of rotatable bonds is 3. The van der Waals surface area contributed by atoms with Crippen LogP contribution in [0.3, 0.4) is 0 Å². The molecule has 0 atom stereocenters. The number of nitrogens with one attached hydrogen (secondary N) is 1. The number of hydrogen-bond acceptors (Lipinski definition) is 3. The number of anilines is 2. The van der Waals surface area contributed by atoms with Gasteiger partial charge in [-0.15, -0.1) is 0 Å². The second-order valence-electron chi connectivity index (χ2n) is 4.77. The van der Waals surface area contributed by atoms with Crippen LogP contribution in [0.15, 0.2) is 12.1 Å². The van der Waals surface area contributed by atoms with Gasteiger partial charge in [-0.3, -0.25) is 0 Å². The number of nitrogens with two attached hydrogens (primary N) is 1. The lowest BCUT2D eigenvalue weighted by molar-refractivity contribution is 0.0698. The van der Waals surface area contributed by atoms with Gasteiger partial charge in [0.05, 0.1) is 16.3 Å². The molecule has 0 radical (unpaired) electrons. The van der Waals surface area contributed by atoms with Crippen molar-refractivity contribution in [2.75, 3.05) is 11.1 Å². The Morgan fingerprint density at radius 1 is 1.53 bits per heavy atom. The van der Waals surface area contributed by atoms with Gasteiger partial charge in [-0.2, -0.15) is 0 Å². The van der Waals surface area contributed by atoms with E-state index in [1.807, 2.05) is 0 Å². The third kappa shape index (κ3) is 2.31. The van der Waals surface area contributed by atoms with E-state index in [0.717, 1.165) is 19.3 Å². The number of carbonyl (C=O) groups is 1. The van der Waals surface area contributed by atoms with Crippen LogP contribution in [-0.2, 0) is 0 Å². The molecule has 0 aliphatic heterocycles. The molecule has 1 aliphatic carbocycles. The SMILES string of the molecule is CC1(Nc2c(Cl)cc(N)cc2C(=O)O)CCC1. The molecule has 4 N–H and O–H groups in total. The quantitative estimate of drug-likeness (QED) is 0.725. The molecule has 1 aromatic carbocycles. The van der Waals surface area contributed by atoms with Crippen molar-refractivity contribution in [3.05, 3.63) is 22.7 Å². The fraction of sp³-hybridized carbons (Fsp3) is 0.417. The fourth-order valence-corrected chi connectivity index (χ4v) is 2.33. The lowest BCUT2D eigenvalue weighted by Crippen LogP contribution is -2.42. The summed E-state index contributed by atoms with van der Waals surface area (Å²) in [5, 5.41) is 12.7. The summed E-state index contributed by atoms with van der Waals surface area (Å²) < 4.78 is 0. The third-order valence-electron chi connectivity index (χ3n) is 3.23. The van der Waals surface area contributed by atoms with E-state index in [2.05, 4.69) is 12.2 Å². The largest absolute Gasteiger partial charge is 0.478 e. The molecule has 92 valence electrons. The van der Waals surface area contributed by atoms with Crippen molar-refractivity contribution in [1.29, 1.82) is 0 Å². The summed E-state index contributed by atoms with van der Waals surface area (Å²) in [4.78, 5) is 11.2. The first-order valence-electron chi connectivity index (χ1n) is 5.52. The van der Waals surface area contributed by atoms with E-state index in [4.69, 9.17) is 22.4 Å². The van der Waals surface area contributed by atoms with Crippen LogP contribution in [0.4, 0.5) is 11.4 Å². The summed E-state index contributed by atoms with van der Waals surface area (Å²) in [7, 11) is 0. The maximum atomic E-state index is 11.2. The average Bonchev–Trinajstić information content (AvgIpc) is 2.18. The van der Waals surface area contributed by atoms with Crippen LogP contribution in [0.5, 0.6) is 0 Å². The van der Waals surface area contributed by atoms with Gasteiger partial charge in [0.1, 0.15) is 0 Å². The molecule has 2 rings (SSSR count). The molecule has 4 nitrogen and oxygen atoms in total. The molecule has 1 fully saturated rings. The van der Waals surface area contributed by atoms with Crippen molar-refractivity contribution in [3.8, 4) is 0 Å². The van der Waals surface area contributed by atoms with Crippen molar-refractivity contribution in [1.82, 2.24) is 0 Å². The molecular weight excluding hydrogens is 240 g/mol. The van der Waals surface area contributed by atoms with Gasteiger partial charge >= 0.3 is 5.97 Å². The zero-order valence-corrected chi connectivity index (χ0v) is 10.3. The van der Waals surface area contributed by atoms with E-state index < -0.39 is 5.97 Å². The van der Waals surface area contributed by atoms with Crippen LogP contribution in [0.25, 0.3) is 0 Å². The van der Waals surface area contributed by atoms with Crippen LogP contribution < -0.4 is 11.1 Å². The van der Waals surface area contributed by atoms with Gasteiger partial charge in [0, 0.05) is 11.2 Å². The fourth-order valence-electron chi connectivity index (χ4n) is 2.06. The van der Waals surface area contributed by atoms with Gasteiger partial charge < -0.3 is 16.2 Å². The zero-order chi connectivity index (χ0) is 12.6. The molecule has 17 heavy (non-hydrogen) atoms. The third-order valence-corrected chi connectivity index (χ3v) is 3.52. The van der Waals surface area contributed by atoms with Gasteiger partial charge in [0.25, 0.3) is 0 Å². The predicted octanol–water partition coefficient (Wildman–Crippen LogP) is 2.97. The van der Waals surface area contributed by atoms with Crippen LogP contribution in [0.2, 0.25) is 5.02 Å². The Kier molecular flexibility index (Phi) is 2.91. The van der Waals surface area contributed by atoms with Crippen LogP contribution in [-0.4, -0.2) is 16.6 Å². The summed E-state index contributed by atoms with van der Waals surface area (Å²) in [6, 6.07) is 3.00. The molecule has 0 heterocycles. The smallest absolute Gasteiger partial charge is 0.337 e. The second-order valence-corrected chi connectivity index (χ2v) is 5.18. The molecule has 1 aromatic rings. The van der Waals surface area contributed by atoms with Crippen molar-refractivity contribution < 1.29 is 9.90 Å². The molecule has 1 saturated carbocycles. The number of carboxylic acid groups (broad SMARTS) is 1. The molecule has 0 spiro atoms. The minimum atomic E-state index is -1.02. The summed E-state index contributed by atoms with van der Waals surface area (Å²) in [5.41, 5.74) is 6.50. The first-order valence-corrected chi connectivity index (χ1v) is 5.90. The Hall–Kier alpha value is -1.42. The molecule has 0 bridgehead atoms. The molecule has 0 aromatic heterocycles. The molecule has 0 amide bonds. The Balaban J connectivity index is 2.40. The van der Waals surface area contributed by atoms with E-state index >= 15 is 0 Å². The number of carboxylic acids is 1. The van der Waals surface area contributed by atoms with Gasteiger partial charge in [-0.1, -0.05) is 11.6 Å². The van der Waals surface area contributed by atoms with E-state index in [1.54, 1.807) is 6.07 Å². The van der Waals surface area contributed by atoms with Crippen LogP contribution >= 0.6 is 11.6 Å². The average molecular weight is 255 g/mol. The maximum absolute atomic E-state index is 11.2. The summed E-state index contributed by atoms with van der Waals surface area (Å²) >= 11 is 6.06. The minimum absolute atomic E-state index is 0.0516. The Morgan fingerprint density at radius 3 is 2.65 bits per heavy atom. The number of halogens is 1. The Morgan fingerprint density at radius 2 is 2.18 bits per heavy atom. The normalized spacial score (nSPS) is 17.3. The van der Waals surface area contributed by atoms with Crippen LogP contribution in [0, 0.1) is 0 Å².